The van der Waals surface area contributed by atoms with E-state index < -0.39 is 0 Å². The summed E-state index contributed by atoms with van der Waals surface area (Å²) in [5.41, 5.74) is 1.04. The third-order valence-corrected chi connectivity index (χ3v) is 3.57. The summed E-state index contributed by atoms with van der Waals surface area (Å²) < 4.78 is 0. The van der Waals surface area contributed by atoms with Crippen molar-refractivity contribution in [1.29, 1.82) is 0 Å². The summed E-state index contributed by atoms with van der Waals surface area (Å²) in [7, 11) is 0. The van der Waals surface area contributed by atoms with Crippen LogP contribution in [0.3, 0.4) is 0 Å². The number of hydrogen-bond acceptors (Lipinski definition) is 2. The second kappa shape index (κ2) is 6.21. The molecule has 1 heterocycles. The Morgan fingerprint density at radius 1 is 1.50 bits per heavy atom. The Bertz CT molecular complexity index is 418. The van der Waals surface area contributed by atoms with E-state index >= 15 is 0 Å². The van der Waals surface area contributed by atoms with Gasteiger partial charge in [0.2, 0.25) is 5.91 Å². The average Bonchev–Trinajstić information content (AvgIpc) is 2.26. The number of nitrogens with one attached hydrogen (secondary N) is 1. The van der Waals surface area contributed by atoms with Gasteiger partial charge in [0.1, 0.15) is 0 Å². The maximum atomic E-state index is 11.8. The second-order valence-electron chi connectivity index (χ2n) is 4.79. The van der Waals surface area contributed by atoms with Gasteiger partial charge in [0, 0.05) is 18.0 Å². The SMILES string of the molecule is C[C@H](NC(=O)CCN1CCC1)c1cccc(Cl)c1. The van der Waals surface area contributed by atoms with Crippen molar-refractivity contribution in [3.63, 3.8) is 0 Å². The van der Waals surface area contributed by atoms with Crippen molar-refractivity contribution >= 4 is 17.5 Å². The summed E-state index contributed by atoms with van der Waals surface area (Å²) in [5, 5.41) is 3.71. The average molecular weight is 267 g/mol. The zero-order valence-corrected chi connectivity index (χ0v) is 11.4. The third-order valence-electron chi connectivity index (χ3n) is 3.33. The van der Waals surface area contributed by atoms with Crippen molar-refractivity contribution < 1.29 is 4.79 Å². The molecule has 0 aliphatic carbocycles. The van der Waals surface area contributed by atoms with Gasteiger partial charge >= 0.3 is 0 Å². The molecular formula is C14H19ClN2O. The minimum Gasteiger partial charge on any atom is -0.350 e. The Morgan fingerprint density at radius 2 is 2.28 bits per heavy atom. The normalized spacial score (nSPS) is 17.0. The molecule has 0 saturated carbocycles. The molecule has 1 amide bonds. The van der Waals surface area contributed by atoms with Crippen molar-refractivity contribution in [2.24, 2.45) is 0 Å². The summed E-state index contributed by atoms with van der Waals surface area (Å²) in [6.45, 7) is 5.12. The fourth-order valence-electron chi connectivity index (χ4n) is 2.04. The maximum Gasteiger partial charge on any atom is 0.221 e. The molecule has 0 radical (unpaired) electrons. The lowest BCUT2D eigenvalue weighted by molar-refractivity contribution is -0.122. The van der Waals surface area contributed by atoms with Crippen LogP contribution in [0.15, 0.2) is 24.3 Å². The number of hydrogen-bond donors (Lipinski definition) is 1. The smallest absolute Gasteiger partial charge is 0.221 e. The predicted octanol–water partition coefficient (Wildman–Crippen LogP) is 2.61. The quantitative estimate of drug-likeness (QED) is 0.889. The first kappa shape index (κ1) is 13.4. The van der Waals surface area contributed by atoms with Crippen LogP contribution in [0.4, 0.5) is 0 Å². The van der Waals surface area contributed by atoms with Gasteiger partial charge in [-0.05, 0) is 44.1 Å². The molecule has 1 fully saturated rings. The van der Waals surface area contributed by atoms with E-state index in [1.54, 1.807) is 0 Å². The highest BCUT2D eigenvalue weighted by Gasteiger charge is 2.15. The van der Waals surface area contributed by atoms with E-state index in [0.717, 1.165) is 25.2 Å². The van der Waals surface area contributed by atoms with Crippen LogP contribution in [-0.4, -0.2) is 30.4 Å². The molecule has 0 spiro atoms. The van der Waals surface area contributed by atoms with Crippen molar-refractivity contribution in [3.8, 4) is 0 Å². The summed E-state index contributed by atoms with van der Waals surface area (Å²) in [5.74, 6) is 0.106. The standard InChI is InChI=1S/C14H19ClN2O/c1-11(12-4-2-5-13(15)10-12)16-14(18)6-9-17-7-3-8-17/h2,4-5,10-11H,3,6-9H2,1H3,(H,16,18)/t11-/m0/s1. The molecule has 98 valence electrons. The second-order valence-corrected chi connectivity index (χ2v) is 5.23. The molecule has 0 aromatic heterocycles. The molecule has 1 saturated heterocycles. The van der Waals surface area contributed by atoms with Gasteiger partial charge in [0.25, 0.3) is 0 Å². The van der Waals surface area contributed by atoms with Crippen molar-refractivity contribution in [1.82, 2.24) is 10.2 Å². The summed E-state index contributed by atoms with van der Waals surface area (Å²) >= 11 is 5.94. The Labute approximate surface area is 113 Å². The number of halogens is 1. The van der Waals surface area contributed by atoms with Gasteiger partial charge in [0.05, 0.1) is 6.04 Å². The van der Waals surface area contributed by atoms with Crippen LogP contribution in [0.25, 0.3) is 0 Å². The minimum atomic E-state index is 0.00703. The van der Waals surface area contributed by atoms with Crippen molar-refractivity contribution in [2.75, 3.05) is 19.6 Å². The van der Waals surface area contributed by atoms with E-state index in [2.05, 4.69) is 10.2 Å². The molecule has 18 heavy (non-hydrogen) atoms. The van der Waals surface area contributed by atoms with E-state index in [0.29, 0.717) is 11.4 Å². The first-order valence-corrected chi connectivity index (χ1v) is 6.80. The van der Waals surface area contributed by atoms with Crippen LogP contribution in [0.2, 0.25) is 5.02 Å². The Balaban J connectivity index is 1.78. The largest absolute Gasteiger partial charge is 0.350 e. The first-order valence-electron chi connectivity index (χ1n) is 6.42. The molecule has 4 heteroatoms. The number of nitrogens with zero attached hydrogens (tertiary/aromatic N) is 1. The monoisotopic (exact) mass is 266 g/mol. The molecule has 1 aromatic carbocycles. The van der Waals surface area contributed by atoms with Gasteiger partial charge in [-0.25, -0.2) is 0 Å². The molecule has 1 aliphatic heterocycles. The number of likely N-dealkylation sites (tertiary alicyclic amines) is 1. The lowest BCUT2D eigenvalue weighted by Gasteiger charge is -2.30. The summed E-state index contributed by atoms with van der Waals surface area (Å²) in [6, 6.07) is 7.62. The van der Waals surface area contributed by atoms with Gasteiger partial charge in [-0.2, -0.15) is 0 Å². The van der Waals surface area contributed by atoms with Gasteiger partial charge in [-0.1, -0.05) is 23.7 Å². The van der Waals surface area contributed by atoms with E-state index in [-0.39, 0.29) is 11.9 Å². The highest BCUT2D eigenvalue weighted by molar-refractivity contribution is 6.30. The fourth-order valence-corrected chi connectivity index (χ4v) is 2.24. The molecule has 2 rings (SSSR count). The van der Waals surface area contributed by atoms with Crippen molar-refractivity contribution in [3.05, 3.63) is 34.9 Å². The molecule has 1 aromatic rings. The topological polar surface area (TPSA) is 32.3 Å². The number of rotatable bonds is 5. The van der Waals surface area contributed by atoms with Crippen LogP contribution in [0.1, 0.15) is 31.4 Å². The molecule has 0 unspecified atom stereocenters. The Hall–Kier alpha value is -1.06. The fraction of sp³-hybridized carbons (Fsp3) is 0.500. The first-order chi connectivity index (χ1) is 8.65. The number of carbonyl (C=O) groups excluding carboxylic acids is 1. The molecule has 1 aliphatic rings. The molecule has 1 N–H and O–H groups in total. The number of carbonyl (C=O) groups is 1. The third kappa shape index (κ3) is 3.72. The zero-order chi connectivity index (χ0) is 13.0. The molecule has 3 nitrogen and oxygen atoms in total. The van der Waals surface area contributed by atoms with Crippen LogP contribution >= 0.6 is 11.6 Å². The minimum absolute atomic E-state index is 0.00703. The van der Waals surface area contributed by atoms with Gasteiger partial charge < -0.3 is 10.2 Å². The summed E-state index contributed by atoms with van der Waals surface area (Å²) in [4.78, 5) is 14.1. The molecule has 1 atom stereocenters. The Morgan fingerprint density at radius 3 is 2.89 bits per heavy atom. The lowest BCUT2D eigenvalue weighted by atomic mass is 10.1. The zero-order valence-electron chi connectivity index (χ0n) is 10.7. The van der Waals surface area contributed by atoms with E-state index in [9.17, 15) is 4.79 Å². The van der Waals surface area contributed by atoms with Gasteiger partial charge in [0.15, 0.2) is 0 Å². The van der Waals surface area contributed by atoms with Gasteiger partial charge in [-0.3, -0.25) is 4.79 Å². The molecule has 0 bridgehead atoms. The highest BCUT2D eigenvalue weighted by Crippen LogP contribution is 2.17. The number of amides is 1. The maximum absolute atomic E-state index is 11.8. The van der Waals surface area contributed by atoms with Crippen LogP contribution in [0.5, 0.6) is 0 Å². The highest BCUT2D eigenvalue weighted by atomic mass is 35.5. The van der Waals surface area contributed by atoms with E-state index in [4.69, 9.17) is 11.6 Å². The lowest BCUT2D eigenvalue weighted by Crippen LogP contribution is -2.40. The van der Waals surface area contributed by atoms with Gasteiger partial charge in [-0.15, -0.1) is 0 Å². The Kier molecular flexibility index (Phi) is 4.61. The van der Waals surface area contributed by atoms with Crippen LogP contribution in [0, 0.1) is 0 Å². The van der Waals surface area contributed by atoms with E-state index in [1.807, 2.05) is 31.2 Å². The van der Waals surface area contributed by atoms with Crippen molar-refractivity contribution in [2.45, 2.75) is 25.8 Å². The predicted molar refractivity (Wildman–Crippen MR) is 73.7 cm³/mol. The summed E-state index contributed by atoms with van der Waals surface area (Å²) in [6.07, 6.45) is 1.84. The van der Waals surface area contributed by atoms with Crippen LogP contribution in [-0.2, 0) is 4.79 Å². The van der Waals surface area contributed by atoms with Crippen LogP contribution < -0.4 is 5.32 Å². The number of benzene rings is 1. The van der Waals surface area contributed by atoms with E-state index in [1.165, 1.54) is 6.42 Å². The molecular weight excluding hydrogens is 248 g/mol.